The Balaban J connectivity index is 1.82. The second kappa shape index (κ2) is 4.23. The molecule has 0 amide bonds. The first-order chi connectivity index (χ1) is 8.72. The van der Waals surface area contributed by atoms with Crippen LogP contribution in [-0.4, -0.2) is 29.8 Å². The summed E-state index contributed by atoms with van der Waals surface area (Å²) in [5.74, 6) is 1.07. The molecule has 2 fully saturated rings. The standard InChI is InChI=1S/C13H16N4O/c1-7-2-4-16-13(9(7)6-14)17-11-10(15)8-3-5-18-12(8)11/h2,4,8,10-12H,3,5,15H2,1H3,(H,16,17). The van der Waals surface area contributed by atoms with E-state index in [9.17, 15) is 0 Å². The van der Waals surface area contributed by atoms with Gasteiger partial charge in [0.1, 0.15) is 11.9 Å². The zero-order valence-corrected chi connectivity index (χ0v) is 10.3. The first-order valence-corrected chi connectivity index (χ1v) is 6.22. The van der Waals surface area contributed by atoms with Gasteiger partial charge in [0.05, 0.1) is 17.7 Å². The molecule has 1 saturated carbocycles. The lowest BCUT2D eigenvalue weighted by Gasteiger charge is -2.45. The molecule has 94 valence electrons. The minimum Gasteiger partial charge on any atom is -0.376 e. The van der Waals surface area contributed by atoms with Crippen molar-refractivity contribution in [3.8, 4) is 6.07 Å². The zero-order valence-electron chi connectivity index (χ0n) is 10.3. The number of aryl methyl sites for hydroxylation is 1. The van der Waals surface area contributed by atoms with E-state index in [1.807, 2.05) is 13.0 Å². The highest BCUT2D eigenvalue weighted by molar-refractivity contribution is 5.56. The van der Waals surface area contributed by atoms with Crippen molar-refractivity contribution in [3.05, 3.63) is 23.4 Å². The number of rotatable bonds is 2. The average molecular weight is 244 g/mol. The Hall–Kier alpha value is -1.64. The molecule has 4 atom stereocenters. The molecule has 0 aromatic carbocycles. The van der Waals surface area contributed by atoms with Crippen LogP contribution >= 0.6 is 0 Å². The van der Waals surface area contributed by atoms with E-state index in [1.165, 1.54) is 0 Å². The van der Waals surface area contributed by atoms with Crippen molar-refractivity contribution in [2.45, 2.75) is 31.5 Å². The Bertz CT molecular complexity index is 510. The molecular weight excluding hydrogens is 228 g/mol. The van der Waals surface area contributed by atoms with Gasteiger partial charge in [-0.05, 0) is 25.0 Å². The number of anilines is 1. The lowest BCUT2D eigenvalue weighted by atomic mass is 9.72. The smallest absolute Gasteiger partial charge is 0.144 e. The minimum absolute atomic E-state index is 0.0684. The van der Waals surface area contributed by atoms with Gasteiger partial charge in [-0.25, -0.2) is 4.98 Å². The minimum atomic E-state index is 0.0684. The third-order valence-electron chi connectivity index (χ3n) is 4.02. The monoisotopic (exact) mass is 244 g/mol. The second-order valence-electron chi connectivity index (χ2n) is 5.00. The van der Waals surface area contributed by atoms with Crippen molar-refractivity contribution in [2.24, 2.45) is 11.7 Å². The number of fused-ring (bicyclic) bond motifs is 1. The van der Waals surface area contributed by atoms with Crippen molar-refractivity contribution in [2.75, 3.05) is 11.9 Å². The van der Waals surface area contributed by atoms with Gasteiger partial charge in [0.15, 0.2) is 0 Å². The van der Waals surface area contributed by atoms with Crippen molar-refractivity contribution in [1.82, 2.24) is 4.98 Å². The summed E-state index contributed by atoms with van der Waals surface area (Å²) in [5.41, 5.74) is 7.64. The van der Waals surface area contributed by atoms with E-state index in [0.717, 1.165) is 18.6 Å². The van der Waals surface area contributed by atoms with Crippen molar-refractivity contribution >= 4 is 5.82 Å². The van der Waals surface area contributed by atoms with Crippen LogP contribution in [0.25, 0.3) is 0 Å². The number of hydrogen-bond donors (Lipinski definition) is 2. The number of nitrogens with one attached hydrogen (secondary N) is 1. The van der Waals surface area contributed by atoms with Gasteiger partial charge in [0, 0.05) is 24.8 Å². The molecule has 0 bridgehead atoms. The Morgan fingerprint density at radius 1 is 1.61 bits per heavy atom. The Morgan fingerprint density at radius 2 is 2.44 bits per heavy atom. The second-order valence-corrected chi connectivity index (χ2v) is 5.00. The maximum atomic E-state index is 9.16. The van der Waals surface area contributed by atoms with Gasteiger partial charge in [0.25, 0.3) is 0 Å². The molecule has 5 heteroatoms. The summed E-state index contributed by atoms with van der Waals surface area (Å²) in [5, 5.41) is 12.4. The predicted molar refractivity (Wildman–Crippen MR) is 66.9 cm³/mol. The Morgan fingerprint density at radius 3 is 3.22 bits per heavy atom. The van der Waals surface area contributed by atoms with Gasteiger partial charge in [0.2, 0.25) is 0 Å². The SMILES string of the molecule is Cc1ccnc(NC2C(N)C3CCOC32)c1C#N. The van der Waals surface area contributed by atoms with E-state index in [0.29, 0.717) is 17.3 Å². The summed E-state index contributed by atoms with van der Waals surface area (Å²) in [6.07, 6.45) is 2.92. The molecule has 0 spiro atoms. The molecule has 1 saturated heterocycles. The number of hydrogen-bond acceptors (Lipinski definition) is 5. The van der Waals surface area contributed by atoms with E-state index in [4.69, 9.17) is 15.7 Å². The Kier molecular flexibility index (Phi) is 2.69. The van der Waals surface area contributed by atoms with Crippen molar-refractivity contribution < 1.29 is 4.74 Å². The molecule has 2 heterocycles. The van der Waals surface area contributed by atoms with Gasteiger partial charge in [-0.15, -0.1) is 0 Å². The highest BCUT2D eigenvalue weighted by Crippen LogP contribution is 2.39. The number of nitrogens with zero attached hydrogens (tertiary/aromatic N) is 2. The first-order valence-electron chi connectivity index (χ1n) is 6.22. The summed E-state index contributed by atoms with van der Waals surface area (Å²) in [6, 6.07) is 4.18. The number of nitriles is 1. The van der Waals surface area contributed by atoms with Gasteiger partial charge < -0.3 is 15.8 Å². The van der Waals surface area contributed by atoms with Crippen LogP contribution in [0.15, 0.2) is 12.3 Å². The fraction of sp³-hybridized carbons (Fsp3) is 0.538. The zero-order chi connectivity index (χ0) is 12.7. The summed E-state index contributed by atoms with van der Waals surface area (Å²) in [7, 11) is 0. The number of nitrogens with two attached hydrogens (primary N) is 1. The van der Waals surface area contributed by atoms with Crippen LogP contribution in [0.5, 0.6) is 0 Å². The molecule has 3 N–H and O–H groups in total. The van der Waals surface area contributed by atoms with Crippen LogP contribution in [-0.2, 0) is 4.74 Å². The fourth-order valence-corrected chi connectivity index (χ4v) is 2.89. The van der Waals surface area contributed by atoms with Gasteiger partial charge in [-0.3, -0.25) is 0 Å². The van der Waals surface area contributed by atoms with Crippen LogP contribution in [0, 0.1) is 24.2 Å². The molecule has 1 aromatic rings. The third kappa shape index (κ3) is 1.57. The highest BCUT2D eigenvalue weighted by Gasteiger charge is 2.52. The van der Waals surface area contributed by atoms with Gasteiger partial charge >= 0.3 is 0 Å². The summed E-state index contributed by atoms with van der Waals surface area (Å²) in [4.78, 5) is 4.24. The summed E-state index contributed by atoms with van der Waals surface area (Å²) in [6.45, 7) is 2.69. The number of ether oxygens (including phenoxy) is 1. The first kappa shape index (κ1) is 11.5. The molecule has 18 heavy (non-hydrogen) atoms. The molecule has 5 nitrogen and oxygen atoms in total. The molecule has 3 rings (SSSR count). The largest absolute Gasteiger partial charge is 0.376 e. The van der Waals surface area contributed by atoms with E-state index in [2.05, 4.69) is 16.4 Å². The molecule has 0 radical (unpaired) electrons. The maximum Gasteiger partial charge on any atom is 0.144 e. The number of aromatic nitrogens is 1. The molecule has 2 aliphatic rings. The fourth-order valence-electron chi connectivity index (χ4n) is 2.89. The van der Waals surface area contributed by atoms with E-state index < -0.39 is 0 Å². The summed E-state index contributed by atoms with van der Waals surface area (Å²) >= 11 is 0. The third-order valence-corrected chi connectivity index (χ3v) is 4.02. The molecule has 1 aliphatic heterocycles. The van der Waals surface area contributed by atoms with Gasteiger partial charge in [-0.2, -0.15) is 5.26 Å². The summed E-state index contributed by atoms with van der Waals surface area (Å²) < 4.78 is 5.66. The van der Waals surface area contributed by atoms with Crippen molar-refractivity contribution in [3.63, 3.8) is 0 Å². The molecule has 1 aromatic heterocycles. The van der Waals surface area contributed by atoms with Crippen LogP contribution in [0.3, 0.4) is 0 Å². The molecule has 1 aliphatic carbocycles. The van der Waals surface area contributed by atoms with Crippen LogP contribution in [0.2, 0.25) is 0 Å². The van der Waals surface area contributed by atoms with Crippen LogP contribution < -0.4 is 11.1 Å². The normalized spacial score (nSPS) is 33.4. The van der Waals surface area contributed by atoms with Crippen LogP contribution in [0.4, 0.5) is 5.82 Å². The molecular formula is C13H16N4O. The molecule has 4 unspecified atom stereocenters. The topological polar surface area (TPSA) is 84.0 Å². The van der Waals surface area contributed by atoms with Crippen molar-refractivity contribution in [1.29, 1.82) is 5.26 Å². The van der Waals surface area contributed by atoms with E-state index >= 15 is 0 Å². The average Bonchev–Trinajstić information content (AvgIpc) is 2.80. The quantitative estimate of drug-likeness (QED) is 0.803. The van der Waals surface area contributed by atoms with E-state index in [1.54, 1.807) is 6.20 Å². The Labute approximate surface area is 106 Å². The van der Waals surface area contributed by atoms with Gasteiger partial charge in [-0.1, -0.05) is 0 Å². The predicted octanol–water partition coefficient (Wildman–Crippen LogP) is 0.788. The lowest BCUT2D eigenvalue weighted by molar-refractivity contribution is 0.00523. The highest BCUT2D eigenvalue weighted by atomic mass is 16.5. The maximum absolute atomic E-state index is 9.16. The lowest BCUT2D eigenvalue weighted by Crippen LogP contribution is -2.65. The van der Waals surface area contributed by atoms with Crippen LogP contribution in [0.1, 0.15) is 17.5 Å². The number of pyridine rings is 1. The van der Waals surface area contributed by atoms with E-state index in [-0.39, 0.29) is 18.2 Å².